The van der Waals surface area contributed by atoms with Crippen LogP contribution in [0, 0.1) is 0 Å². The number of carbonyl (C=O) groups excluding carboxylic acids is 2. The molecule has 0 aliphatic rings. The first-order valence-corrected chi connectivity index (χ1v) is 12.6. The number of H-pyrrole nitrogens is 1. The Morgan fingerprint density at radius 2 is 1.85 bits per heavy atom. The third-order valence-electron chi connectivity index (χ3n) is 5.68. The average Bonchev–Trinajstić information content (AvgIpc) is 3.59. The van der Waals surface area contributed by atoms with Crippen molar-refractivity contribution in [2.45, 2.75) is 6.92 Å². The zero-order chi connectivity index (χ0) is 27.4. The Morgan fingerprint density at radius 3 is 2.59 bits per heavy atom. The van der Waals surface area contributed by atoms with Gasteiger partial charge in [-0.2, -0.15) is 5.10 Å². The summed E-state index contributed by atoms with van der Waals surface area (Å²) in [5.41, 5.74) is 5.52. The summed E-state index contributed by atoms with van der Waals surface area (Å²) in [5, 5.41) is 5.66. The molecule has 5 rings (SSSR count). The molecule has 0 aliphatic heterocycles. The van der Waals surface area contributed by atoms with Gasteiger partial charge >= 0.3 is 5.97 Å². The quantitative estimate of drug-likeness (QED) is 0.0907. The van der Waals surface area contributed by atoms with Crippen LogP contribution in [0.25, 0.3) is 22.0 Å². The molecule has 1 amide bonds. The number of nitrogens with zero attached hydrogens (tertiary/aromatic N) is 1. The van der Waals surface area contributed by atoms with Crippen LogP contribution in [0.2, 0.25) is 10.0 Å². The van der Waals surface area contributed by atoms with Gasteiger partial charge in [-0.15, -0.1) is 0 Å². The molecule has 0 bridgehead atoms. The van der Waals surface area contributed by atoms with E-state index in [0.717, 1.165) is 5.56 Å². The highest BCUT2D eigenvalue weighted by Crippen LogP contribution is 2.38. The summed E-state index contributed by atoms with van der Waals surface area (Å²) in [6.07, 6.45) is 2.84. The van der Waals surface area contributed by atoms with Crippen molar-refractivity contribution in [3.05, 3.63) is 106 Å². The van der Waals surface area contributed by atoms with Crippen LogP contribution < -0.4 is 14.9 Å². The lowest BCUT2D eigenvalue weighted by molar-refractivity contribution is 0.0695. The largest absolute Gasteiger partial charge is 0.490 e. The van der Waals surface area contributed by atoms with Crippen molar-refractivity contribution in [1.29, 1.82) is 0 Å². The molecule has 8 nitrogen and oxygen atoms in total. The topological polar surface area (TPSA) is 106 Å². The molecule has 2 N–H and O–H groups in total. The van der Waals surface area contributed by atoms with Crippen LogP contribution in [0.1, 0.15) is 33.5 Å². The van der Waals surface area contributed by atoms with Crippen LogP contribution in [0.4, 0.5) is 0 Å². The molecule has 0 fully saturated rings. The zero-order valence-corrected chi connectivity index (χ0v) is 22.0. The Bertz CT molecular complexity index is 1680. The number of hydrazone groups is 1. The summed E-state index contributed by atoms with van der Waals surface area (Å²) in [5.74, 6) is -0.492. The standard InChI is InChI=1S/C29H21Cl2N3O5/c1-2-37-24-13-17(10-11-22(24)39-29(36)23-9-6-12-38-23)16-32-34-28(35)27-25(18-7-4-3-5-8-18)26-20(31)14-19(30)15-21(26)33-27/h3-16,33H,2H2,1H3,(H,34,35). The minimum Gasteiger partial charge on any atom is -0.490 e. The van der Waals surface area contributed by atoms with Crippen LogP contribution in [-0.4, -0.2) is 29.7 Å². The first-order valence-electron chi connectivity index (χ1n) is 11.9. The van der Waals surface area contributed by atoms with Crippen molar-refractivity contribution in [1.82, 2.24) is 10.4 Å². The lowest BCUT2D eigenvalue weighted by Gasteiger charge is -2.10. The molecule has 39 heavy (non-hydrogen) atoms. The van der Waals surface area contributed by atoms with Gasteiger partial charge in [-0.1, -0.05) is 53.5 Å². The number of hydrogen-bond acceptors (Lipinski definition) is 6. The van der Waals surface area contributed by atoms with Gasteiger partial charge in [-0.25, -0.2) is 10.2 Å². The van der Waals surface area contributed by atoms with Crippen LogP contribution >= 0.6 is 23.2 Å². The maximum Gasteiger partial charge on any atom is 0.379 e. The van der Waals surface area contributed by atoms with E-state index in [1.807, 2.05) is 37.3 Å². The van der Waals surface area contributed by atoms with Gasteiger partial charge in [0, 0.05) is 21.5 Å². The van der Waals surface area contributed by atoms with Gasteiger partial charge in [0.25, 0.3) is 5.91 Å². The van der Waals surface area contributed by atoms with Crippen molar-refractivity contribution in [3.63, 3.8) is 0 Å². The number of esters is 1. The second kappa shape index (κ2) is 11.5. The second-order valence-electron chi connectivity index (χ2n) is 8.26. The number of benzene rings is 3. The Morgan fingerprint density at radius 1 is 1.03 bits per heavy atom. The first kappa shape index (κ1) is 26.1. The van der Waals surface area contributed by atoms with Crippen molar-refractivity contribution in [2.24, 2.45) is 5.10 Å². The molecule has 10 heteroatoms. The van der Waals surface area contributed by atoms with Gasteiger partial charge in [-0.3, -0.25) is 4.79 Å². The van der Waals surface area contributed by atoms with Crippen molar-refractivity contribution in [2.75, 3.05) is 6.61 Å². The monoisotopic (exact) mass is 561 g/mol. The van der Waals surface area contributed by atoms with Crippen molar-refractivity contribution in [3.8, 4) is 22.6 Å². The smallest absolute Gasteiger partial charge is 0.379 e. The number of aromatic nitrogens is 1. The number of furan rings is 1. The number of fused-ring (bicyclic) bond motifs is 1. The lowest BCUT2D eigenvalue weighted by Crippen LogP contribution is -2.18. The summed E-state index contributed by atoms with van der Waals surface area (Å²) in [4.78, 5) is 28.6. The molecule has 2 heterocycles. The van der Waals surface area contributed by atoms with E-state index in [1.165, 1.54) is 18.5 Å². The molecule has 0 saturated heterocycles. The van der Waals surface area contributed by atoms with Crippen LogP contribution in [0.15, 0.2) is 88.6 Å². The number of nitrogens with one attached hydrogen (secondary N) is 2. The van der Waals surface area contributed by atoms with E-state index >= 15 is 0 Å². The lowest BCUT2D eigenvalue weighted by atomic mass is 10.0. The maximum absolute atomic E-state index is 13.2. The summed E-state index contributed by atoms with van der Waals surface area (Å²) >= 11 is 12.7. The minimum atomic E-state index is -0.649. The minimum absolute atomic E-state index is 0.0706. The summed E-state index contributed by atoms with van der Waals surface area (Å²) in [6.45, 7) is 2.15. The van der Waals surface area contributed by atoms with Crippen molar-refractivity contribution >= 4 is 52.2 Å². The number of rotatable bonds is 8. The Kier molecular flexibility index (Phi) is 7.67. The number of hydrogen-bond donors (Lipinski definition) is 2. The van der Waals surface area contributed by atoms with Gasteiger partial charge in [0.2, 0.25) is 5.76 Å². The Hall–Kier alpha value is -4.53. The van der Waals surface area contributed by atoms with Crippen LogP contribution in [-0.2, 0) is 0 Å². The third kappa shape index (κ3) is 5.67. The van der Waals surface area contributed by atoms with E-state index in [0.29, 0.717) is 44.4 Å². The average molecular weight is 562 g/mol. The maximum atomic E-state index is 13.2. The number of halogens is 2. The third-order valence-corrected chi connectivity index (χ3v) is 6.19. The van der Waals surface area contributed by atoms with Gasteiger partial charge < -0.3 is 18.9 Å². The van der Waals surface area contributed by atoms with E-state index < -0.39 is 11.9 Å². The van der Waals surface area contributed by atoms with E-state index in [2.05, 4.69) is 15.5 Å². The van der Waals surface area contributed by atoms with E-state index in [1.54, 1.807) is 36.4 Å². The second-order valence-corrected chi connectivity index (χ2v) is 9.10. The zero-order valence-electron chi connectivity index (χ0n) is 20.5. The molecule has 0 atom stereocenters. The van der Waals surface area contributed by atoms with Gasteiger partial charge in [-0.05, 0) is 60.5 Å². The highest BCUT2D eigenvalue weighted by atomic mass is 35.5. The summed E-state index contributed by atoms with van der Waals surface area (Å²) < 4.78 is 16.1. The number of amides is 1. The summed E-state index contributed by atoms with van der Waals surface area (Å²) in [6, 6.07) is 20.8. The fraction of sp³-hybridized carbons (Fsp3) is 0.0690. The molecule has 3 aromatic carbocycles. The molecule has 0 aliphatic carbocycles. The van der Waals surface area contributed by atoms with Crippen LogP contribution in [0.3, 0.4) is 0 Å². The number of carbonyl (C=O) groups is 2. The molecular formula is C29H21Cl2N3O5. The van der Waals surface area contributed by atoms with Crippen LogP contribution in [0.5, 0.6) is 11.5 Å². The van der Waals surface area contributed by atoms with E-state index in [9.17, 15) is 9.59 Å². The predicted octanol–water partition coefficient (Wildman–Crippen LogP) is 7.12. The SMILES string of the molecule is CCOc1cc(C=NNC(=O)c2[nH]c3cc(Cl)cc(Cl)c3c2-c2ccccc2)ccc1OC(=O)c1ccco1. The molecule has 2 aromatic heterocycles. The van der Waals surface area contributed by atoms with Gasteiger partial charge in [0.1, 0.15) is 5.69 Å². The van der Waals surface area contributed by atoms with Gasteiger partial charge in [0.15, 0.2) is 11.5 Å². The fourth-order valence-corrected chi connectivity index (χ4v) is 4.62. The van der Waals surface area contributed by atoms with E-state index in [-0.39, 0.29) is 17.2 Å². The number of aromatic amines is 1. The molecule has 0 spiro atoms. The molecule has 196 valence electrons. The molecular weight excluding hydrogens is 541 g/mol. The Labute approximate surface area is 233 Å². The van der Waals surface area contributed by atoms with E-state index in [4.69, 9.17) is 37.1 Å². The molecule has 0 saturated carbocycles. The normalized spacial score (nSPS) is 11.2. The fourth-order valence-electron chi connectivity index (χ4n) is 4.04. The predicted molar refractivity (Wildman–Crippen MR) is 150 cm³/mol. The summed E-state index contributed by atoms with van der Waals surface area (Å²) in [7, 11) is 0. The highest BCUT2D eigenvalue weighted by molar-refractivity contribution is 6.40. The Balaban J connectivity index is 1.39. The number of ether oxygens (including phenoxy) is 2. The van der Waals surface area contributed by atoms with Crippen molar-refractivity contribution < 1.29 is 23.5 Å². The molecule has 5 aromatic rings. The molecule has 0 radical (unpaired) electrons. The first-order chi connectivity index (χ1) is 18.9. The highest BCUT2D eigenvalue weighted by Gasteiger charge is 2.21. The molecule has 0 unspecified atom stereocenters. The van der Waals surface area contributed by atoms with Gasteiger partial charge in [0.05, 0.1) is 24.1 Å².